The fourth-order valence-electron chi connectivity index (χ4n) is 1.85. The summed E-state index contributed by atoms with van der Waals surface area (Å²) >= 11 is 0. The lowest BCUT2D eigenvalue weighted by molar-refractivity contribution is 0.862. The molecule has 1 aromatic carbocycles. The highest BCUT2D eigenvalue weighted by Gasteiger charge is 2.09. The maximum absolute atomic E-state index is 9.03. The maximum Gasteiger partial charge on any atom is 0.169 e. The van der Waals surface area contributed by atoms with Crippen LogP contribution in [0.15, 0.2) is 36.5 Å². The molecule has 0 saturated carbocycles. The van der Waals surface area contributed by atoms with Gasteiger partial charge < -0.3 is 4.90 Å². The van der Waals surface area contributed by atoms with E-state index in [1.807, 2.05) is 18.0 Å². The molecule has 4 nitrogen and oxygen atoms in total. The van der Waals surface area contributed by atoms with E-state index in [1.165, 1.54) is 17.3 Å². The summed E-state index contributed by atoms with van der Waals surface area (Å²) in [5.74, 6) is 0.613. The van der Waals surface area contributed by atoms with Crippen LogP contribution in [0.3, 0.4) is 0 Å². The first kappa shape index (κ1) is 12.1. The van der Waals surface area contributed by atoms with Gasteiger partial charge in [0.1, 0.15) is 6.07 Å². The summed E-state index contributed by atoms with van der Waals surface area (Å²) in [4.78, 5) is 1.93. The Balaban J connectivity index is 2.22. The third kappa shape index (κ3) is 2.64. The van der Waals surface area contributed by atoms with Crippen molar-refractivity contribution in [2.45, 2.75) is 13.5 Å². The molecule has 0 N–H and O–H groups in total. The van der Waals surface area contributed by atoms with Crippen LogP contribution in [-0.4, -0.2) is 17.2 Å². The lowest BCUT2D eigenvalue weighted by atomic mass is 10.1. The largest absolute Gasteiger partial charge is 0.353 e. The Labute approximate surface area is 107 Å². The van der Waals surface area contributed by atoms with Crippen LogP contribution in [0.4, 0.5) is 5.82 Å². The molecule has 2 aromatic rings. The first-order valence-corrected chi connectivity index (χ1v) is 5.69. The molecule has 0 aliphatic heterocycles. The summed E-state index contributed by atoms with van der Waals surface area (Å²) in [6.45, 7) is 2.77. The van der Waals surface area contributed by atoms with E-state index in [0.29, 0.717) is 17.9 Å². The Morgan fingerprint density at radius 3 is 2.89 bits per heavy atom. The number of hydrogen-bond donors (Lipinski definition) is 0. The zero-order valence-corrected chi connectivity index (χ0v) is 10.5. The topological polar surface area (TPSA) is 52.8 Å². The third-order valence-corrected chi connectivity index (χ3v) is 2.69. The molecule has 4 heteroatoms. The van der Waals surface area contributed by atoms with Gasteiger partial charge >= 0.3 is 0 Å². The number of anilines is 1. The van der Waals surface area contributed by atoms with Gasteiger partial charge in [-0.25, -0.2) is 0 Å². The van der Waals surface area contributed by atoms with E-state index < -0.39 is 0 Å². The van der Waals surface area contributed by atoms with E-state index in [4.69, 9.17) is 5.26 Å². The van der Waals surface area contributed by atoms with Crippen LogP contribution in [0, 0.1) is 18.3 Å². The van der Waals surface area contributed by atoms with Crippen molar-refractivity contribution in [2.24, 2.45) is 0 Å². The van der Waals surface area contributed by atoms with Gasteiger partial charge in [0.05, 0.1) is 11.8 Å². The third-order valence-electron chi connectivity index (χ3n) is 2.69. The van der Waals surface area contributed by atoms with E-state index in [9.17, 15) is 0 Å². The number of aryl methyl sites for hydroxylation is 1. The lowest BCUT2D eigenvalue weighted by Gasteiger charge is -2.18. The van der Waals surface area contributed by atoms with E-state index in [2.05, 4.69) is 41.4 Å². The molecule has 0 fully saturated rings. The van der Waals surface area contributed by atoms with Crippen LogP contribution in [0.2, 0.25) is 0 Å². The summed E-state index contributed by atoms with van der Waals surface area (Å²) in [5.41, 5.74) is 2.95. The SMILES string of the molecule is Cc1cccc(CN(C)c2nnccc2C#N)c1. The van der Waals surface area contributed by atoms with Gasteiger partial charge in [-0.1, -0.05) is 29.8 Å². The standard InChI is InChI=1S/C14H14N4/c1-11-4-3-5-12(8-11)10-18(2)14-13(9-15)6-7-16-17-14/h3-8H,10H2,1-2H3. The molecule has 0 aliphatic rings. The molecular formula is C14H14N4. The van der Waals surface area contributed by atoms with E-state index in [0.717, 1.165) is 0 Å². The van der Waals surface area contributed by atoms with Gasteiger partial charge in [-0.05, 0) is 18.6 Å². The zero-order valence-electron chi connectivity index (χ0n) is 10.5. The fraction of sp³-hybridized carbons (Fsp3) is 0.214. The molecule has 0 unspecified atom stereocenters. The summed E-state index contributed by atoms with van der Waals surface area (Å²) in [7, 11) is 1.91. The molecule has 2 rings (SSSR count). The van der Waals surface area contributed by atoms with Gasteiger partial charge in [-0.15, -0.1) is 5.10 Å². The monoisotopic (exact) mass is 238 g/mol. The van der Waals surface area contributed by atoms with Crippen LogP contribution in [0.25, 0.3) is 0 Å². The first-order valence-electron chi connectivity index (χ1n) is 5.69. The molecular weight excluding hydrogens is 224 g/mol. The zero-order chi connectivity index (χ0) is 13.0. The molecule has 90 valence electrons. The Hall–Kier alpha value is -2.41. The second-order valence-electron chi connectivity index (χ2n) is 4.23. The predicted octanol–water partition coefficient (Wildman–Crippen LogP) is 2.29. The summed E-state index contributed by atoms with van der Waals surface area (Å²) < 4.78 is 0. The second kappa shape index (κ2) is 5.28. The van der Waals surface area contributed by atoms with Gasteiger partial charge in [0.2, 0.25) is 0 Å². The first-order chi connectivity index (χ1) is 8.70. The molecule has 0 amide bonds. The molecule has 0 aliphatic carbocycles. The highest BCUT2D eigenvalue weighted by molar-refractivity contribution is 5.52. The number of rotatable bonds is 3. The minimum atomic E-state index is 0.542. The minimum absolute atomic E-state index is 0.542. The van der Waals surface area contributed by atoms with Crippen LogP contribution >= 0.6 is 0 Å². The highest BCUT2D eigenvalue weighted by Crippen LogP contribution is 2.16. The number of benzene rings is 1. The van der Waals surface area contributed by atoms with Crippen molar-refractivity contribution in [3.05, 3.63) is 53.2 Å². The average Bonchev–Trinajstić information content (AvgIpc) is 2.38. The van der Waals surface area contributed by atoms with Gasteiger partial charge in [0.15, 0.2) is 5.82 Å². The maximum atomic E-state index is 9.03. The van der Waals surface area contributed by atoms with E-state index >= 15 is 0 Å². The fourth-order valence-corrected chi connectivity index (χ4v) is 1.85. The number of aromatic nitrogens is 2. The Morgan fingerprint density at radius 2 is 2.17 bits per heavy atom. The van der Waals surface area contributed by atoms with Crippen molar-refractivity contribution in [3.63, 3.8) is 0 Å². The highest BCUT2D eigenvalue weighted by atomic mass is 15.2. The molecule has 1 aromatic heterocycles. The normalized spacial score (nSPS) is 9.83. The molecule has 0 bridgehead atoms. The van der Waals surface area contributed by atoms with E-state index in [1.54, 1.807) is 6.07 Å². The van der Waals surface area contributed by atoms with Gasteiger partial charge in [-0.3, -0.25) is 0 Å². The van der Waals surface area contributed by atoms with Gasteiger partial charge in [0, 0.05) is 13.6 Å². The van der Waals surface area contributed by atoms with Crippen LogP contribution < -0.4 is 4.90 Å². The molecule has 0 saturated heterocycles. The molecule has 0 atom stereocenters. The summed E-state index contributed by atoms with van der Waals surface area (Å²) in [6, 6.07) is 12.1. The molecule has 0 radical (unpaired) electrons. The number of hydrogen-bond acceptors (Lipinski definition) is 4. The number of nitrogens with zero attached hydrogens (tertiary/aromatic N) is 4. The minimum Gasteiger partial charge on any atom is -0.353 e. The van der Waals surface area contributed by atoms with Crippen molar-refractivity contribution in [2.75, 3.05) is 11.9 Å². The molecule has 0 spiro atoms. The smallest absolute Gasteiger partial charge is 0.169 e. The Morgan fingerprint density at radius 1 is 1.33 bits per heavy atom. The average molecular weight is 238 g/mol. The molecule has 1 heterocycles. The van der Waals surface area contributed by atoms with Gasteiger partial charge in [-0.2, -0.15) is 10.4 Å². The summed E-state index contributed by atoms with van der Waals surface area (Å²) in [5, 5.41) is 16.9. The van der Waals surface area contributed by atoms with Crippen molar-refractivity contribution < 1.29 is 0 Å². The number of nitriles is 1. The Bertz CT molecular complexity index is 586. The van der Waals surface area contributed by atoms with Crippen LogP contribution in [-0.2, 0) is 6.54 Å². The Kier molecular flexibility index (Phi) is 3.54. The summed E-state index contributed by atoms with van der Waals surface area (Å²) in [6.07, 6.45) is 1.53. The van der Waals surface area contributed by atoms with Crippen LogP contribution in [0.5, 0.6) is 0 Å². The van der Waals surface area contributed by atoms with Crippen LogP contribution in [0.1, 0.15) is 16.7 Å². The molecule has 18 heavy (non-hydrogen) atoms. The van der Waals surface area contributed by atoms with Crippen molar-refractivity contribution in [1.82, 2.24) is 10.2 Å². The van der Waals surface area contributed by atoms with Gasteiger partial charge in [0.25, 0.3) is 0 Å². The second-order valence-corrected chi connectivity index (χ2v) is 4.23. The van der Waals surface area contributed by atoms with Crippen molar-refractivity contribution in [1.29, 1.82) is 5.26 Å². The van der Waals surface area contributed by atoms with Crippen molar-refractivity contribution >= 4 is 5.82 Å². The van der Waals surface area contributed by atoms with Crippen molar-refractivity contribution in [3.8, 4) is 6.07 Å². The quantitative estimate of drug-likeness (QED) is 0.823. The lowest BCUT2D eigenvalue weighted by Crippen LogP contribution is -2.19. The predicted molar refractivity (Wildman–Crippen MR) is 70.0 cm³/mol. The van der Waals surface area contributed by atoms with E-state index in [-0.39, 0.29) is 0 Å².